The zero-order chi connectivity index (χ0) is 69.1. The van der Waals surface area contributed by atoms with Crippen molar-refractivity contribution in [3.63, 3.8) is 0 Å². The summed E-state index contributed by atoms with van der Waals surface area (Å²) in [5.74, 6) is 0.721. The number of hydrogen-bond acceptors (Lipinski definition) is 4. The fourth-order valence-corrected chi connectivity index (χ4v) is 17.4. The fraction of sp³-hybridized carbons (Fsp3) is 0.00990. The smallest absolute Gasteiger partial charge is 0.160 e. The number of hydrogen-bond donors (Lipinski definition) is 1. The van der Waals surface area contributed by atoms with Crippen LogP contribution in [0.15, 0.2) is 376 Å². The van der Waals surface area contributed by atoms with Gasteiger partial charge in [-0.2, -0.15) is 0 Å². The average molecular weight is 1330 g/mol. The summed E-state index contributed by atoms with van der Waals surface area (Å²) in [5, 5.41) is 10.1. The van der Waals surface area contributed by atoms with Crippen LogP contribution in [0.2, 0.25) is 0 Å². The van der Waals surface area contributed by atoms with E-state index in [2.05, 4.69) is 374 Å². The molecule has 1 atom stereocenters. The highest BCUT2D eigenvalue weighted by atomic mass is 15.3. The molecule has 0 bridgehead atoms. The van der Waals surface area contributed by atoms with Gasteiger partial charge in [-0.15, -0.1) is 0 Å². The maximum absolute atomic E-state index is 5.14. The molecule has 105 heavy (non-hydrogen) atoms. The third-order valence-electron chi connectivity index (χ3n) is 22.0. The van der Waals surface area contributed by atoms with E-state index in [1.54, 1.807) is 0 Å². The lowest BCUT2D eigenvalue weighted by Gasteiger charge is -2.35. The van der Waals surface area contributed by atoms with Crippen LogP contribution in [0.5, 0.6) is 0 Å². The summed E-state index contributed by atoms with van der Waals surface area (Å²) in [4.78, 5) is 12.7. The molecule has 18 aromatic rings. The number of nitrogens with zero attached hydrogens (tertiary/aromatic N) is 3. The maximum Gasteiger partial charge on any atom is 0.160 e. The molecular weight excluding hydrogens is 1270 g/mol. The molecular formula is C101H64N4. The van der Waals surface area contributed by atoms with E-state index in [0.717, 1.165) is 39.1 Å². The zero-order valence-electron chi connectivity index (χ0n) is 57.2. The van der Waals surface area contributed by atoms with Crippen molar-refractivity contribution < 1.29 is 0 Å². The van der Waals surface area contributed by atoms with Gasteiger partial charge in [-0.25, -0.2) is 9.97 Å². The van der Waals surface area contributed by atoms with Gasteiger partial charge in [0, 0.05) is 27.6 Å². The Bertz CT molecular complexity index is 6500. The standard InChI is InChI=1S/C53H34N2.C48H30N2/c1-3-13-34(14-4-1)45-32-44(50(37-15-5-2-6-16-37)52-43-22-12-18-36-17-11-21-42(49(36)43)51(45)52)35-27-25-33(26-28-35)38-29-30-40-39-19-7-8-20-41(39)53-54-46-23-9-10-24-47(46)55(53)48(40)31-38;1-4-14-31(15-5-1)41-30-40(44(34-16-6-2-7-17-34)46-39-24-13-21-33-20-12-23-38(43(33)39)45(41)46)32-26-28-36(29-27-32)48-49-42-25-11-10-22-37(42)47(50-48)35-18-8-3-9-19-35/h1-32,53-54H;1-30H. The lowest BCUT2D eigenvalue weighted by molar-refractivity contribution is 0.819. The molecule has 1 unspecified atom stereocenters. The second kappa shape index (κ2) is 24.5. The summed E-state index contributed by atoms with van der Waals surface area (Å²) in [6.45, 7) is 0. The van der Waals surface area contributed by atoms with Crippen LogP contribution in [0, 0.1) is 0 Å². The molecule has 4 aliphatic rings. The third-order valence-corrected chi connectivity index (χ3v) is 22.0. The summed E-state index contributed by atoms with van der Waals surface area (Å²) in [6, 6.07) is 137. The molecule has 4 nitrogen and oxygen atoms in total. The molecule has 488 valence electrons. The van der Waals surface area contributed by atoms with E-state index in [4.69, 9.17) is 9.97 Å². The first kappa shape index (κ1) is 60.0. The molecule has 0 amide bonds. The highest BCUT2D eigenvalue weighted by Gasteiger charge is 2.38. The minimum atomic E-state index is 0.0609. The lowest BCUT2D eigenvalue weighted by atomic mass is 9.82. The first-order valence-corrected chi connectivity index (χ1v) is 36.2. The summed E-state index contributed by atoms with van der Waals surface area (Å²) >= 11 is 0. The number of fused-ring (bicyclic) bond motifs is 15. The minimum absolute atomic E-state index is 0.0609. The molecule has 1 aromatic heterocycles. The fourth-order valence-electron chi connectivity index (χ4n) is 17.4. The lowest BCUT2D eigenvalue weighted by Crippen LogP contribution is -2.27. The van der Waals surface area contributed by atoms with Gasteiger partial charge in [0.05, 0.1) is 28.3 Å². The molecule has 0 fully saturated rings. The molecule has 0 spiro atoms. The number of benzene rings is 17. The van der Waals surface area contributed by atoms with Crippen molar-refractivity contribution in [1.29, 1.82) is 0 Å². The van der Waals surface area contributed by atoms with Crippen molar-refractivity contribution in [2.24, 2.45) is 0 Å². The summed E-state index contributed by atoms with van der Waals surface area (Å²) in [7, 11) is 0. The van der Waals surface area contributed by atoms with Crippen molar-refractivity contribution >= 4 is 49.5 Å². The minimum Gasteiger partial charge on any atom is -0.359 e. The second-order valence-electron chi connectivity index (χ2n) is 27.8. The van der Waals surface area contributed by atoms with Crippen LogP contribution >= 0.6 is 0 Å². The van der Waals surface area contributed by atoms with Crippen LogP contribution in [-0.2, 0) is 0 Å². The highest BCUT2D eigenvalue weighted by molar-refractivity contribution is 6.24. The van der Waals surface area contributed by atoms with Gasteiger partial charge < -0.3 is 10.2 Å². The van der Waals surface area contributed by atoms with Crippen LogP contribution in [0.4, 0.5) is 17.1 Å². The van der Waals surface area contributed by atoms with E-state index in [1.807, 2.05) is 12.1 Å². The molecule has 1 N–H and O–H groups in total. The van der Waals surface area contributed by atoms with Gasteiger partial charge in [-0.3, -0.25) is 0 Å². The van der Waals surface area contributed by atoms with Crippen molar-refractivity contribution in [2.75, 3.05) is 10.2 Å². The Hall–Kier alpha value is -13.8. The predicted octanol–water partition coefficient (Wildman–Crippen LogP) is 27.2. The number of para-hydroxylation sites is 3. The molecule has 0 saturated carbocycles. The van der Waals surface area contributed by atoms with Crippen molar-refractivity contribution in [3.8, 4) is 156 Å². The topological polar surface area (TPSA) is 41.0 Å². The quantitative estimate of drug-likeness (QED) is 0.156. The van der Waals surface area contributed by atoms with E-state index >= 15 is 0 Å². The number of anilines is 3. The third kappa shape index (κ3) is 9.75. The Morgan fingerprint density at radius 1 is 0.238 bits per heavy atom. The van der Waals surface area contributed by atoms with Crippen LogP contribution in [0.25, 0.3) is 189 Å². The Balaban J connectivity index is 0.000000136. The molecule has 2 aliphatic heterocycles. The van der Waals surface area contributed by atoms with E-state index in [9.17, 15) is 0 Å². The SMILES string of the molecule is c1ccc(-c2cc(-c3ccc(-c4ccc5c(c4)N4c6ccccc6NC4c4ccccc4-5)cc3)c(-c3ccccc3)c3c2-c2cccc4cccc-3c24)cc1.c1ccc(-c2cc(-c3ccc(-c4nc(-c5ccccc5)c5ccccc5n4)cc3)c(-c3ccccc3)c3c2-c2cccc4cccc-3c24)cc1. The van der Waals surface area contributed by atoms with Crippen LogP contribution in [0.3, 0.4) is 0 Å². The predicted molar refractivity (Wildman–Crippen MR) is 439 cm³/mol. The maximum atomic E-state index is 5.14. The number of nitrogens with one attached hydrogen (secondary N) is 1. The van der Waals surface area contributed by atoms with Gasteiger partial charge in [0.25, 0.3) is 0 Å². The molecule has 0 saturated heterocycles. The Morgan fingerprint density at radius 2 is 0.648 bits per heavy atom. The van der Waals surface area contributed by atoms with Crippen molar-refractivity contribution in [2.45, 2.75) is 6.17 Å². The summed E-state index contributed by atoms with van der Waals surface area (Å²) in [6.07, 6.45) is 0.0609. The van der Waals surface area contributed by atoms with Gasteiger partial charge in [0.1, 0.15) is 6.17 Å². The van der Waals surface area contributed by atoms with E-state index in [1.165, 1.54) is 172 Å². The highest BCUT2D eigenvalue weighted by Crippen LogP contribution is 2.60. The molecule has 4 heteroatoms. The molecule has 2 aliphatic carbocycles. The summed E-state index contributed by atoms with van der Waals surface area (Å²) < 4.78 is 0. The van der Waals surface area contributed by atoms with Crippen molar-refractivity contribution in [3.05, 3.63) is 382 Å². The average Bonchev–Trinajstić information content (AvgIpc) is 1.58. The van der Waals surface area contributed by atoms with Crippen LogP contribution in [0.1, 0.15) is 11.7 Å². The first-order valence-electron chi connectivity index (χ1n) is 36.2. The number of aromatic nitrogens is 2. The molecule has 17 aromatic carbocycles. The molecule has 3 heterocycles. The summed E-state index contributed by atoms with van der Waals surface area (Å²) in [5.41, 5.74) is 39.0. The van der Waals surface area contributed by atoms with Crippen molar-refractivity contribution in [1.82, 2.24) is 9.97 Å². The molecule has 22 rings (SSSR count). The monoisotopic (exact) mass is 1330 g/mol. The Kier molecular flexibility index (Phi) is 14.0. The largest absolute Gasteiger partial charge is 0.359 e. The number of rotatable bonds is 9. The van der Waals surface area contributed by atoms with E-state index in [0.29, 0.717) is 0 Å². The van der Waals surface area contributed by atoms with Gasteiger partial charge in [0.15, 0.2) is 5.82 Å². The molecule has 0 radical (unpaired) electrons. The first-order chi connectivity index (χ1) is 52.1. The van der Waals surface area contributed by atoms with Crippen LogP contribution in [-0.4, -0.2) is 9.97 Å². The van der Waals surface area contributed by atoms with Gasteiger partial charge in [-0.1, -0.05) is 340 Å². The second-order valence-corrected chi connectivity index (χ2v) is 27.8. The van der Waals surface area contributed by atoms with Gasteiger partial charge in [-0.05, 0) is 186 Å². The normalized spacial score (nSPS) is 12.9. The zero-order valence-corrected chi connectivity index (χ0v) is 57.2. The Labute approximate surface area is 609 Å². The van der Waals surface area contributed by atoms with Gasteiger partial charge in [0.2, 0.25) is 0 Å². The van der Waals surface area contributed by atoms with E-state index in [-0.39, 0.29) is 6.17 Å². The van der Waals surface area contributed by atoms with E-state index < -0.39 is 0 Å². The van der Waals surface area contributed by atoms with Gasteiger partial charge >= 0.3 is 0 Å². The van der Waals surface area contributed by atoms with Crippen LogP contribution < -0.4 is 10.2 Å². The Morgan fingerprint density at radius 3 is 1.20 bits per heavy atom.